The average Bonchev–Trinajstić information content (AvgIpc) is 2.34. The molecular formula is C12H14Cl2N2O2. The second kappa shape index (κ2) is 5.89. The standard InChI is InChI=1S/C12H14Cl2N2O2/c13-9-2-1-8(11(14)10(9)12(15)17)7-16-3-5-18-6-4-16/h1-2H,3-7H2,(H2,15,17). The molecule has 98 valence electrons. The van der Waals surface area contributed by atoms with Crippen LogP contribution in [-0.2, 0) is 11.3 Å². The van der Waals surface area contributed by atoms with Crippen molar-refractivity contribution in [3.05, 3.63) is 33.3 Å². The van der Waals surface area contributed by atoms with Gasteiger partial charge in [0.1, 0.15) is 0 Å². The number of carbonyl (C=O) groups excluding carboxylic acids is 1. The zero-order valence-electron chi connectivity index (χ0n) is 9.79. The number of benzene rings is 1. The summed E-state index contributed by atoms with van der Waals surface area (Å²) in [5.41, 5.74) is 6.33. The van der Waals surface area contributed by atoms with Crippen molar-refractivity contribution in [2.75, 3.05) is 26.3 Å². The Morgan fingerprint density at radius 1 is 1.33 bits per heavy atom. The molecule has 0 unspecified atom stereocenters. The molecule has 6 heteroatoms. The number of nitrogens with zero attached hydrogens (tertiary/aromatic N) is 1. The van der Waals surface area contributed by atoms with E-state index in [1.54, 1.807) is 6.07 Å². The fourth-order valence-corrected chi connectivity index (χ4v) is 2.56. The van der Waals surface area contributed by atoms with Gasteiger partial charge in [-0.1, -0.05) is 29.3 Å². The number of carbonyl (C=O) groups is 1. The minimum Gasteiger partial charge on any atom is -0.379 e. The fourth-order valence-electron chi connectivity index (χ4n) is 1.94. The molecule has 0 atom stereocenters. The van der Waals surface area contributed by atoms with Crippen LogP contribution in [0.2, 0.25) is 10.0 Å². The Hall–Kier alpha value is -0.810. The molecule has 0 radical (unpaired) electrons. The molecule has 0 saturated carbocycles. The summed E-state index contributed by atoms with van der Waals surface area (Å²) in [5, 5.41) is 0.639. The monoisotopic (exact) mass is 288 g/mol. The molecule has 0 aromatic heterocycles. The van der Waals surface area contributed by atoms with Gasteiger partial charge in [0.05, 0.1) is 28.8 Å². The van der Waals surface area contributed by atoms with Gasteiger partial charge in [-0.25, -0.2) is 0 Å². The number of amides is 1. The van der Waals surface area contributed by atoms with Gasteiger partial charge in [-0.2, -0.15) is 0 Å². The molecule has 1 aromatic rings. The lowest BCUT2D eigenvalue weighted by Gasteiger charge is -2.27. The van der Waals surface area contributed by atoms with E-state index in [9.17, 15) is 4.79 Å². The Kier molecular flexibility index (Phi) is 4.45. The summed E-state index contributed by atoms with van der Waals surface area (Å²) in [7, 11) is 0. The second-order valence-corrected chi connectivity index (χ2v) is 4.93. The van der Waals surface area contributed by atoms with Gasteiger partial charge in [-0.05, 0) is 11.6 Å². The topological polar surface area (TPSA) is 55.6 Å². The summed E-state index contributed by atoms with van der Waals surface area (Å²) in [6, 6.07) is 3.48. The minimum absolute atomic E-state index is 0.198. The lowest BCUT2D eigenvalue weighted by molar-refractivity contribution is 0.0342. The molecule has 2 rings (SSSR count). The van der Waals surface area contributed by atoms with Gasteiger partial charge in [0.25, 0.3) is 5.91 Å². The normalized spacial score (nSPS) is 16.8. The number of ether oxygens (including phenoxy) is 1. The van der Waals surface area contributed by atoms with Crippen molar-refractivity contribution in [2.45, 2.75) is 6.54 Å². The van der Waals surface area contributed by atoms with Crippen LogP contribution in [0.5, 0.6) is 0 Å². The molecule has 1 amide bonds. The quantitative estimate of drug-likeness (QED) is 0.925. The minimum atomic E-state index is -0.603. The first-order chi connectivity index (χ1) is 8.59. The van der Waals surface area contributed by atoms with Crippen LogP contribution < -0.4 is 5.73 Å². The van der Waals surface area contributed by atoms with E-state index in [-0.39, 0.29) is 5.56 Å². The van der Waals surface area contributed by atoms with E-state index in [2.05, 4.69) is 4.90 Å². The number of rotatable bonds is 3. The maximum atomic E-state index is 11.3. The Labute approximate surface area is 116 Å². The van der Waals surface area contributed by atoms with E-state index in [4.69, 9.17) is 33.7 Å². The second-order valence-electron chi connectivity index (χ2n) is 4.15. The van der Waals surface area contributed by atoms with Crippen LogP contribution in [0.1, 0.15) is 15.9 Å². The van der Waals surface area contributed by atoms with Crippen molar-refractivity contribution in [3.63, 3.8) is 0 Å². The molecule has 0 aliphatic carbocycles. The highest BCUT2D eigenvalue weighted by molar-refractivity contribution is 6.40. The summed E-state index contributed by atoms with van der Waals surface area (Å²) in [6.07, 6.45) is 0. The van der Waals surface area contributed by atoms with Crippen LogP contribution in [0.4, 0.5) is 0 Å². The smallest absolute Gasteiger partial charge is 0.251 e. The average molecular weight is 289 g/mol. The third-order valence-corrected chi connectivity index (χ3v) is 3.66. The number of primary amides is 1. The molecule has 2 N–H and O–H groups in total. The maximum Gasteiger partial charge on any atom is 0.251 e. The van der Waals surface area contributed by atoms with Crippen molar-refractivity contribution < 1.29 is 9.53 Å². The van der Waals surface area contributed by atoms with E-state index >= 15 is 0 Å². The molecule has 0 bridgehead atoms. The summed E-state index contributed by atoms with van der Waals surface area (Å²) in [5.74, 6) is -0.603. The molecule has 1 saturated heterocycles. The third-order valence-electron chi connectivity index (χ3n) is 2.92. The largest absolute Gasteiger partial charge is 0.379 e. The molecule has 1 fully saturated rings. The van der Waals surface area contributed by atoms with Crippen LogP contribution in [0.25, 0.3) is 0 Å². The lowest BCUT2D eigenvalue weighted by atomic mass is 10.1. The summed E-state index contributed by atoms with van der Waals surface area (Å²) < 4.78 is 5.28. The highest BCUT2D eigenvalue weighted by Gasteiger charge is 2.18. The number of hydrogen-bond acceptors (Lipinski definition) is 3. The Morgan fingerprint density at radius 2 is 2.00 bits per heavy atom. The van der Waals surface area contributed by atoms with Gasteiger partial charge >= 0.3 is 0 Å². The van der Waals surface area contributed by atoms with Gasteiger partial charge in [-0.15, -0.1) is 0 Å². The number of hydrogen-bond donors (Lipinski definition) is 1. The zero-order valence-corrected chi connectivity index (χ0v) is 11.3. The summed E-state index contributed by atoms with van der Waals surface area (Å²) in [4.78, 5) is 13.5. The van der Waals surface area contributed by atoms with Gasteiger partial charge in [-0.3, -0.25) is 9.69 Å². The molecule has 1 aliphatic rings. The van der Waals surface area contributed by atoms with Crippen molar-refractivity contribution in [1.82, 2.24) is 4.90 Å². The predicted molar refractivity (Wildman–Crippen MR) is 71.1 cm³/mol. The first-order valence-electron chi connectivity index (χ1n) is 5.66. The van der Waals surface area contributed by atoms with Crippen molar-refractivity contribution in [3.8, 4) is 0 Å². The molecule has 1 heterocycles. The van der Waals surface area contributed by atoms with Crippen LogP contribution >= 0.6 is 23.2 Å². The SMILES string of the molecule is NC(=O)c1c(Cl)ccc(CN2CCOCC2)c1Cl. The van der Waals surface area contributed by atoms with Crippen molar-refractivity contribution in [1.29, 1.82) is 0 Å². The van der Waals surface area contributed by atoms with Gasteiger partial charge in [0, 0.05) is 19.6 Å². The first kappa shape index (κ1) is 13.6. The highest BCUT2D eigenvalue weighted by Crippen LogP contribution is 2.28. The first-order valence-corrected chi connectivity index (χ1v) is 6.42. The molecule has 0 spiro atoms. The van der Waals surface area contributed by atoms with E-state index in [0.717, 1.165) is 18.7 Å². The van der Waals surface area contributed by atoms with Crippen molar-refractivity contribution in [2.24, 2.45) is 5.73 Å². The van der Waals surface area contributed by atoms with E-state index in [1.165, 1.54) is 0 Å². The molecule has 1 aromatic carbocycles. The van der Waals surface area contributed by atoms with Gasteiger partial charge in [0.15, 0.2) is 0 Å². The Morgan fingerprint density at radius 3 is 2.61 bits per heavy atom. The number of halogens is 2. The highest BCUT2D eigenvalue weighted by atomic mass is 35.5. The fraction of sp³-hybridized carbons (Fsp3) is 0.417. The van der Waals surface area contributed by atoms with Crippen LogP contribution in [0.3, 0.4) is 0 Å². The van der Waals surface area contributed by atoms with E-state index in [0.29, 0.717) is 29.8 Å². The molecule has 18 heavy (non-hydrogen) atoms. The Balaban J connectivity index is 2.22. The summed E-state index contributed by atoms with van der Waals surface area (Å²) >= 11 is 12.1. The zero-order chi connectivity index (χ0) is 13.1. The van der Waals surface area contributed by atoms with Gasteiger partial charge < -0.3 is 10.5 Å². The van der Waals surface area contributed by atoms with Gasteiger partial charge in [0.2, 0.25) is 0 Å². The van der Waals surface area contributed by atoms with Crippen LogP contribution in [-0.4, -0.2) is 37.1 Å². The Bertz CT molecular complexity index is 460. The molecule has 1 aliphatic heterocycles. The third kappa shape index (κ3) is 2.95. The van der Waals surface area contributed by atoms with Crippen LogP contribution in [0.15, 0.2) is 12.1 Å². The number of nitrogens with two attached hydrogens (primary N) is 1. The number of morpholine rings is 1. The summed E-state index contributed by atoms with van der Waals surface area (Å²) in [6.45, 7) is 3.80. The van der Waals surface area contributed by atoms with Crippen molar-refractivity contribution >= 4 is 29.1 Å². The van der Waals surface area contributed by atoms with Crippen LogP contribution in [0, 0.1) is 0 Å². The molecule has 4 nitrogen and oxygen atoms in total. The predicted octanol–water partition coefficient (Wildman–Crippen LogP) is 1.92. The van der Waals surface area contributed by atoms with E-state index in [1.807, 2.05) is 6.07 Å². The lowest BCUT2D eigenvalue weighted by Crippen LogP contribution is -2.35. The maximum absolute atomic E-state index is 11.3. The van der Waals surface area contributed by atoms with E-state index < -0.39 is 5.91 Å². The molecular weight excluding hydrogens is 275 g/mol.